The Morgan fingerprint density at radius 3 is 2.41 bits per heavy atom. The molecule has 0 saturated heterocycles. The number of nitro groups is 1. The van der Waals surface area contributed by atoms with Crippen LogP contribution < -0.4 is 10.1 Å². The molecule has 0 spiro atoms. The zero-order valence-corrected chi connectivity index (χ0v) is 20.0. The second-order valence-electron chi connectivity index (χ2n) is 9.68. The van der Waals surface area contributed by atoms with E-state index in [0.29, 0.717) is 23.3 Å². The van der Waals surface area contributed by atoms with Gasteiger partial charge in [-0.2, -0.15) is 0 Å². The number of amides is 1. The van der Waals surface area contributed by atoms with Crippen LogP contribution in [0.4, 0.5) is 16.2 Å². The fourth-order valence-electron chi connectivity index (χ4n) is 4.16. The van der Waals surface area contributed by atoms with Crippen LogP contribution in [0, 0.1) is 10.1 Å². The highest BCUT2D eigenvalue weighted by Gasteiger charge is 2.39. The zero-order valence-electron chi connectivity index (χ0n) is 20.0. The molecule has 0 atom stereocenters. The highest BCUT2D eigenvalue weighted by atomic mass is 16.6. The summed E-state index contributed by atoms with van der Waals surface area (Å²) in [5.74, 6) is 0.591. The molecular formula is C25H30N4O5. The van der Waals surface area contributed by atoms with E-state index in [1.165, 1.54) is 11.1 Å². The summed E-state index contributed by atoms with van der Waals surface area (Å²) in [5.41, 5.74) is 0.143. The van der Waals surface area contributed by atoms with E-state index in [9.17, 15) is 20.0 Å². The van der Waals surface area contributed by atoms with Gasteiger partial charge in [0.05, 0.1) is 16.0 Å². The van der Waals surface area contributed by atoms with Gasteiger partial charge in [0.1, 0.15) is 24.2 Å². The number of nitrogens with one attached hydrogen (secondary N) is 1. The van der Waals surface area contributed by atoms with Crippen molar-refractivity contribution >= 4 is 28.4 Å². The molecule has 9 nitrogen and oxygen atoms in total. The number of aromatic nitrogens is 1. The molecule has 3 aromatic rings. The Bertz CT molecular complexity index is 1190. The second kappa shape index (κ2) is 9.54. The van der Waals surface area contributed by atoms with Gasteiger partial charge in [0.15, 0.2) is 0 Å². The average molecular weight is 467 g/mol. The van der Waals surface area contributed by atoms with Crippen LogP contribution >= 0.6 is 0 Å². The molecule has 2 N–H and O–H groups in total. The summed E-state index contributed by atoms with van der Waals surface area (Å²) in [5, 5.41) is 25.2. The van der Waals surface area contributed by atoms with Crippen molar-refractivity contribution in [2.24, 2.45) is 0 Å². The number of hydrogen-bond donors (Lipinski definition) is 2. The summed E-state index contributed by atoms with van der Waals surface area (Å²) < 4.78 is 5.86. The number of pyridine rings is 1. The molecule has 9 heteroatoms. The minimum atomic E-state index is -1.06. The number of nitrogens with zero attached hydrogens (tertiary/aromatic N) is 3. The molecule has 1 aromatic heterocycles. The summed E-state index contributed by atoms with van der Waals surface area (Å²) in [6.07, 6.45) is 0.144. The Morgan fingerprint density at radius 1 is 1.15 bits per heavy atom. The summed E-state index contributed by atoms with van der Waals surface area (Å²) in [6.45, 7) is 9.53. The summed E-state index contributed by atoms with van der Waals surface area (Å²) >= 11 is 0. The van der Waals surface area contributed by atoms with Gasteiger partial charge in [0.2, 0.25) is 0 Å². The number of anilines is 1. The van der Waals surface area contributed by atoms with Gasteiger partial charge in [-0.3, -0.25) is 15.0 Å². The van der Waals surface area contributed by atoms with E-state index in [4.69, 9.17) is 4.74 Å². The number of benzene rings is 2. The van der Waals surface area contributed by atoms with Crippen molar-refractivity contribution in [3.8, 4) is 5.75 Å². The maximum atomic E-state index is 12.0. The number of carbonyl (C=O) groups is 1. The van der Waals surface area contributed by atoms with Crippen molar-refractivity contribution in [1.29, 1.82) is 0 Å². The first-order valence-electron chi connectivity index (χ1n) is 10.9. The van der Waals surface area contributed by atoms with Crippen LogP contribution in [0.1, 0.15) is 40.2 Å². The first-order chi connectivity index (χ1) is 15.9. The molecule has 0 aliphatic carbocycles. The van der Waals surface area contributed by atoms with E-state index in [1.54, 1.807) is 32.0 Å². The molecule has 180 valence electrons. The van der Waals surface area contributed by atoms with E-state index in [1.807, 2.05) is 51.1 Å². The molecule has 34 heavy (non-hydrogen) atoms. The van der Waals surface area contributed by atoms with Crippen molar-refractivity contribution in [2.75, 3.05) is 11.9 Å². The second-order valence-corrected chi connectivity index (χ2v) is 9.68. The minimum Gasteiger partial charge on any atom is -0.489 e. The fraction of sp³-hybridized carbons (Fsp3) is 0.360. The maximum Gasteiger partial charge on any atom is 0.408 e. The van der Waals surface area contributed by atoms with Crippen LogP contribution in [-0.2, 0) is 6.61 Å². The van der Waals surface area contributed by atoms with E-state index in [-0.39, 0.29) is 17.9 Å². The maximum absolute atomic E-state index is 12.0. The van der Waals surface area contributed by atoms with E-state index in [0.717, 1.165) is 5.56 Å². The number of rotatable bonds is 8. The molecule has 0 aliphatic heterocycles. The number of ether oxygens (including phenoxy) is 1. The first-order valence-corrected chi connectivity index (χ1v) is 10.9. The molecule has 0 saturated carbocycles. The first kappa shape index (κ1) is 24.8. The lowest BCUT2D eigenvalue weighted by atomic mass is 9.94. The lowest BCUT2D eigenvalue weighted by Crippen LogP contribution is -2.59. The number of fused-ring (bicyclic) bond motifs is 1. The van der Waals surface area contributed by atoms with Crippen molar-refractivity contribution in [3.05, 3.63) is 70.4 Å². The molecule has 3 rings (SSSR count). The SMILES string of the molecule is CC(C)(C)N(C(=O)O)C(C)(C)CNc1c([N+](=O)[O-])cnc2cc(OCc3ccccc3)ccc12. The van der Waals surface area contributed by atoms with Gasteiger partial charge in [-0.25, -0.2) is 9.78 Å². The van der Waals surface area contributed by atoms with Gasteiger partial charge in [0, 0.05) is 23.5 Å². The summed E-state index contributed by atoms with van der Waals surface area (Å²) in [7, 11) is 0. The Morgan fingerprint density at radius 2 is 1.82 bits per heavy atom. The van der Waals surface area contributed by atoms with Crippen LogP contribution in [0.5, 0.6) is 5.75 Å². The number of hydrogen-bond acceptors (Lipinski definition) is 6. The smallest absolute Gasteiger partial charge is 0.408 e. The highest BCUT2D eigenvalue weighted by Crippen LogP contribution is 2.35. The predicted molar refractivity (Wildman–Crippen MR) is 131 cm³/mol. The molecule has 0 bridgehead atoms. The van der Waals surface area contributed by atoms with Crippen LogP contribution in [0.25, 0.3) is 10.9 Å². The van der Waals surface area contributed by atoms with Gasteiger partial charge < -0.3 is 15.2 Å². The van der Waals surface area contributed by atoms with Crippen LogP contribution in [0.3, 0.4) is 0 Å². The van der Waals surface area contributed by atoms with Gasteiger partial charge in [0.25, 0.3) is 0 Å². The average Bonchev–Trinajstić information content (AvgIpc) is 2.74. The third kappa shape index (κ3) is 5.54. The fourth-order valence-corrected chi connectivity index (χ4v) is 4.16. The molecule has 0 unspecified atom stereocenters. The molecule has 0 fully saturated rings. The molecule has 2 aromatic carbocycles. The Kier molecular flexibility index (Phi) is 6.95. The van der Waals surface area contributed by atoms with E-state index in [2.05, 4.69) is 10.3 Å². The van der Waals surface area contributed by atoms with Crippen LogP contribution in [-0.4, -0.2) is 43.6 Å². The minimum absolute atomic E-state index is 0.156. The number of carboxylic acid groups (broad SMARTS) is 1. The monoisotopic (exact) mass is 466 g/mol. The Labute approximate surface area is 198 Å². The Hall–Kier alpha value is -3.88. The third-order valence-electron chi connectivity index (χ3n) is 5.43. The van der Waals surface area contributed by atoms with Crippen molar-refractivity contribution in [1.82, 2.24) is 9.88 Å². The topological polar surface area (TPSA) is 118 Å². The highest BCUT2D eigenvalue weighted by molar-refractivity contribution is 5.96. The zero-order chi connectivity index (χ0) is 25.1. The van der Waals surface area contributed by atoms with Crippen LogP contribution in [0.2, 0.25) is 0 Å². The van der Waals surface area contributed by atoms with Crippen molar-refractivity contribution in [3.63, 3.8) is 0 Å². The lowest BCUT2D eigenvalue weighted by Gasteiger charge is -2.45. The molecule has 0 radical (unpaired) electrons. The van der Waals surface area contributed by atoms with Crippen molar-refractivity contribution in [2.45, 2.75) is 52.3 Å². The largest absolute Gasteiger partial charge is 0.489 e. The molecular weight excluding hydrogens is 436 g/mol. The van der Waals surface area contributed by atoms with E-state index >= 15 is 0 Å². The van der Waals surface area contributed by atoms with Crippen LogP contribution in [0.15, 0.2) is 54.7 Å². The van der Waals surface area contributed by atoms with Gasteiger partial charge in [-0.1, -0.05) is 30.3 Å². The van der Waals surface area contributed by atoms with Crippen molar-refractivity contribution < 1.29 is 19.6 Å². The normalized spacial score (nSPS) is 11.8. The van der Waals surface area contributed by atoms with Gasteiger partial charge in [-0.05, 0) is 52.3 Å². The lowest BCUT2D eigenvalue weighted by molar-refractivity contribution is -0.384. The summed E-state index contributed by atoms with van der Waals surface area (Å²) in [6, 6.07) is 14.9. The van der Waals surface area contributed by atoms with Gasteiger partial charge >= 0.3 is 11.8 Å². The van der Waals surface area contributed by atoms with Gasteiger partial charge in [-0.15, -0.1) is 0 Å². The molecule has 0 aliphatic rings. The third-order valence-corrected chi connectivity index (χ3v) is 5.43. The summed E-state index contributed by atoms with van der Waals surface area (Å²) in [4.78, 5) is 28.8. The predicted octanol–water partition coefficient (Wildman–Crippen LogP) is 5.69. The standard InChI is InChI=1S/C25H30N4O5/c1-24(2,3)28(23(30)31)25(4,5)16-27-22-19-12-11-18(34-15-17-9-7-6-8-10-17)13-20(19)26-14-21(22)29(32)33/h6-14H,15-16H2,1-5H3,(H,26,27)(H,30,31). The van der Waals surface area contributed by atoms with E-state index < -0.39 is 22.1 Å². The quantitative estimate of drug-likeness (QED) is 0.323. The molecule has 1 amide bonds. The Balaban J connectivity index is 1.91. The molecule has 1 heterocycles.